The van der Waals surface area contributed by atoms with Crippen molar-refractivity contribution in [2.75, 3.05) is 13.2 Å². The number of benzene rings is 2. The lowest BCUT2D eigenvalue weighted by Gasteiger charge is -2.22. The molecule has 0 aliphatic rings. The van der Waals surface area contributed by atoms with Crippen LogP contribution in [0.2, 0.25) is 5.02 Å². The second-order valence-electron chi connectivity index (χ2n) is 7.59. The highest BCUT2D eigenvalue weighted by Gasteiger charge is 2.25. The standard InChI is InChI=1S/C24H25ClN2O6/c1-2-32-14-18(24(30)31)12-20(26-23(29)21-13-22(28)27-33-21)10-15-6-8-16(9-7-15)17-4-3-5-19(25)11-17/h3-9,11,13,18,20H,2,10,12,14H2,1H3,(H,26,29)(H,27,28)(H,30,31). The van der Waals surface area contributed by atoms with Crippen LogP contribution in [-0.2, 0) is 16.0 Å². The fourth-order valence-corrected chi connectivity index (χ4v) is 3.66. The molecule has 2 aromatic carbocycles. The Hall–Kier alpha value is -3.36. The quantitative estimate of drug-likeness (QED) is 0.390. The molecule has 1 aromatic heterocycles. The number of rotatable bonds is 11. The number of carboxylic acid groups (broad SMARTS) is 1. The summed E-state index contributed by atoms with van der Waals surface area (Å²) in [5, 5.41) is 15.1. The van der Waals surface area contributed by atoms with Gasteiger partial charge in [0.2, 0.25) is 5.76 Å². The van der Waals surface area contributed by atoms with Crippen LogP contribution in [0.1, 0.15) is 29.5 Å². The summed E-state index contributed by atoms with van der Waals surface area (Å²) >= 11 is 6.08. The van der Waals surface area contributed by atoms with Gasteiger partial charge in [0.15, 0.2) is 0 Å². The largest absolute Gasteiger partial charge is 0.481 e. The van der Waals surface area contributed by atoms with Crippen molar-refractivity contribution in [3.05, 3.63) is 81.3 Å². The molecule has 1 heterocycles. The van der Waals surface area contributed by atoms with Crippen LogP contribution in [0, 0.1) is 5.92 Å². The van der Waals surface area contributed by atoms with E-state index < -0.39 is 29.4 Å². The number of hydrogen-bond donors (Lipinski definition) is 3. The van der Waals surface area contributed by atoms with Gasteiger partial charge in [-0.1, -0.05) is 48.0 Å². The van der Waals surface area contributed by atoms with Gasteiger partial charge in [-0.15, -0.1) is 0 Å². The molecule has 0 fully saturated rings. The van der Waals surface area contributed by atoms with Gasteiger partial charge in [0.05, 0.1) is 18.6 Å². The molecule has 0 radical (unpaired) electrons. The van der Waals surface area contributed by atoms with Crippen LogP contribution in [-0.4, -0.2) is 41.4 Å². The molecule has 0 bridgehead atoms. The lowest BCUT2D eigenvalue weighted by Crippen LogP contribution is -2.40. The zero-order valence-corrected chi connectivity index (χ0v) is 18.8. The molecular weight excluding hydrogens is 448 g/mol. The summed E-state index contributed by atoms with van der Waals surface area (Å²) in [6, 6.07) is 15.8. The molecule has 0 spiro atoms. The summed E-state index contributed by atoms with van der Waals surface area (Å²) in [6.07, 6.45) is 0.526. The summed E-state index contributed by atoms with van der Waals surface area (Å²) in [5.74, 6) is -2.58. The Morgan fingerprint density at radius 3 is 2.52 bits per heavy atom. The third-order valence-electron chi connectivity index (χ3n) is 5.12. The van der Waals surface area contributed by atoms with Gasteiger partial charge in [-0.25, -0.2) is 0 Å². The molecule has 1 amide bonds. The van der Waals surface area contributed by atoms with Crippen molar-refractivity contribution < 1.29 is 24.0 Å². The summed E-state index contributed by atoms with van der Waals surface area (Å²) in [4.78, 5) is 35.5. The third kappa shape index (κ3) is 7.06. The summed E-state index contributed by atoms with van der Waals surface area (Å²) in [5.41, 5.74) is 2.33. The van der Waals surface area contributed by atoms with Crippen molar-refractivity contribution in [2.45, 2.75) is 25.8 Å². The van der Waals surface area contributed by atoms with E-state index in [4.69, 9.17) is 20.9 Å². The van der Waals surface area contributed by atoms with Crippen molar-refractivity contribution in [3.63, 3.8) is 0 Å². The number of hydrogen-bond acceptors (Lipinski definition) is 5. The highest BCUT2D eigenvalue weighted by molar-refractivity contribution is 6.30. The first-order valence-electron chi connectivity index (χ1n) is 10.5. The average molecular weight is 473 g/mol. The number of aromatic amines is 1. The number of nitrogens with one attached hydrogen (secondary N) is 2. The number of halogens is 1. The Balaban J connectivity index is 1.78. The number of carbonyl (C=O) groups excluding carboxylic acids is 1. The molecule has 0 aliphatic carbocycles. The van der Waals surface area contributed by atoms with Gasteiger partial charge in [-0.2, -0.15) is 5.16 Å². The van der Waals surface area contributed by atoms with E-state index >= 15 is 0 Å². The van der Waals surface area contributed by atoms with Crippen LogP contribution < -0.4 is 10.9 Å². The minimum atomic E-state index is -1.01. The molecule has 2 unspecified atom stereocenters. The summed E-state index contributed by atoms with van der Waals surface area (Å²) in [7, 11) is 0. The Labute approximate surface area is 195 Å². The first-order valence-corrected chi connectivity index (χ1v) is 10.9. The average Bonchev–Trinajstić information content (AvgIpc) is 3.23. The number of aliphatic carboxylic acids is 1. The first-order chi connectivity index (χ1) is 15.9. The predicted molar refractivity (Wildman–Crippen MR) is 123 cm³/mol. The lowest BCUT2D eigenvalue weighted by molar-refractivity contribution is -0.144. The third-order valence-corrected chi connectivity index (χ3v) is 5.35. The Bertz CT molecular complexity index is 1140. The van der Waals surface area contributed by atoms with Crippen molar-refractivity contribution in [2.24, 2.45) is 5.92 Å². The minimum absolute atomic E-state index is 0.0329. The number of aromatic nitrogens is 1. The second-order valence-corrected chi connectivity index (χ2v) is 8.03. The Kier molecular flexibility index (Phi) is 8.46. The zero-order valence-electron chi connectivity index (χ0n) is 18.0. The molecule has 3 rings (SSSR count). The maximum Gasteiger partial charge on any atom is 0.308 e. The smallest absolute Gasteiger partial charge is 0.308 e. The molecule has 3 aromatic rings. The Morgan fingerprint density at radius 1 is 1.15 bits per heavy atom. The highest BCUT2D eigenvalue weighted by atomic mass is 35.5. The van der Waals surface area contributed by atoms with Gasteiger partial charge < -0.3 is 19.7 Å². The van der Waals surface area contributed by atoms with Crippen molar-refractivity contribution >= 4 is 23.5 Å². The van der Waals surface area contributed by atoms with E-state index in [0.717, 1.165) is 22.8 Å². The van der Waals surface area contributed by atoms with E-state index in [1.54, 1.807) is 13.0 Å². The predicted octanol–water partition coefficient (Wildman–Crippen LogP) is 3.76. The van der Waals surface area contributed by atoms with E-state index in [-0.39, 0.29) is 18.8 Å². The fraction of sp³-hybridized carbons (Fsp3) is 0.292. The molecule has 0 saturated heterocycles. The van der Waals surface area contributed by atoms with Crippen LogP contribution in [0.3, 0.4) is 0 Å². The zero-order chi connectivity index (χ0) is 23.8. The van der Waals surface area contributed by atoms with Crippen LogP contribution >= 0.6 is 11.6 Å². The van der Waals surface area contributed by atoms with Gasteiger partial charge >= 0.3 is 5.97 Å². The van der Waals surface area contributed by atoms with E-state index in [2.05, 4.69) is 10.5 Å². The molecule has 174 valence electrons. The number of carboxylic acids is 1. The van der Waals surface area contributed by atoms with E-state index in [0.29, 0.717) is 18.1 Å². The van der Waals surface area contributed by atoms with Gasteiger partial charge in [0, 0.05) is 17.7 Å². The Morgan fingerprint density at radius 2 is 1.91 bits per heavy atom. The van der Waals surface area contributed by atoms with Crippen molar-refractivity contribution in [3.8, 4) is 11.1 Å². The number of amides is 1. The molecular formula is C24H25ClN2O6. The molecule has 3 N–H and O–H groups in total. The maximum absolute atomic E-state index is 12.5. The number of H-pyrrole nitrogens is 1. The van der Waals surface area contributed by atoms with Gasteiger partial charge in [-0.3, -0.25) is 14.4 Å². The van der Waals surface area contributed by atoms with Crippen LogP contribution in [0.15, 0.2) is 63.9 Å². The normalized spacial score (nSPS) is 12.8. The number of carbonyl (C=O) groups is 2. The van der Waals surface area contributed by atoms with Gasteiger partial charge in [0.1, 0.15) is 0 Å². The first kappa shape index (κ1) is 24.3. The molecule has 2 atom stereocenters. The number of ether oxygens (including phenoxy) is 1. The molecule has 8 nitrogen and oxygen atoms in total. The van der Waals surface area contributed by atoms with E-state index in [9.17, 15) is 19.5 Å². The SMILES string of the molecule is CCOCC(CC(Cc1ccc(-c2cccc(Cl)c2)cc1)NC(=O)c1cc(=O)[nH]o1)C(=O)O. The molecule has 0 aliphatic heterocycles. The second kappa shape index (κ2) is 11.5. The van der Waals surface area contributed by atoms with E-state index in [1.165, 1.54) is 0 Å². The van der Waals surface area contributed by atoms with Crippen LogP contribution in [0.25, 0.3) is 11.1 Å². The monoisotopic (exact) mass is 472 g/mol. The van der Waals surface area contributed by atoms with E-state index in [1.807, 2.05) is 42.5 Å². The van der Waals surface area contributed by atoms with Crippen molar-refractivity contribution in [1.82, 2.24) is 10.5 Å². The topological polar surface area (TPSA) is 122 Å². The van der Waals surface area contributed by atoms with Gasteiger partial charge in [-0.05, 0) is 48.6 Å². The van der Waals surface area contributed by atoms with Crippen molar-refractivity contribution in [1.29, 1.82) is 0 Å². The molecule has 9 heteroatoms. The highest BCUT2D eigenvalue weighted by Crippen LogP contribution is 2.24. The van der Waals surface area contributed by atoms with Crippen LogP contribution in [0.4, 0.5) is 0 Å². The minimum Gasteiger partial charge on any atom is -0.481 e. The summed E-state index contributed by atoms with van der Waals surface area (Å²) < 4.78 is 10.2. The van der Waals surface area contributed by atoms with Gasteiger partial charge in [0.25, 0.3) is 11.5 Å². The summed E-state index contributed by atoms with van der Waals surface area (Å²) in [6.45, 7) is 2.21. The molecule has 0 saturated carbocycles. The fourth-order valence-electron chi connectivity index (χ4n) is 3.47. The van der Waals surface area contributed by atoms with Crippen LogP contribution in [0.5, 0.6) is 0 Å². The molecule has 33 heavy (non-hydrogen) atoms. The lowest BCUT2D eigenvalue weighted by atomic mass is 9.94. The maximum atomic E-state index is 12.5.